The van der Waals surface area contributed by atoms with Gasteiger partial charge < -0.3 is 15.0 Å². The fraction of sp³-hybridized carbons (Fsp3) is 0.438. The molecule has 0 aromatic carbocycles. The molecule has 2 aromatic heterocycles. The zero-order chi connectivity index (χ0) is 16.8. The van der Waals surface area contributed by atoms with Crippen LogP contribution in [0.3, 0.4) is 0 Å². The summed E-state index contributed by atoms with van der Waals surface area (Å²) in [5, 5.41) is 3.67. The number of hydrogen-bond acceptors (Lipinski definition) is 6. The molecule has 0 saturated carbocycles. The summed E-state index contributed by atoms with van der Waals surface area (Å²) in [5.41, 5.74) is 0.936. The predicted molar refractivity (Wildman–Crippen MR) is 93.3 cm³/mol. The van der Waals surface area contributed by atoms with E-state index < -0.39 is 0 Å². The van der Waals surface area contributed by atoms with E-state index in [1.54, 1.807) is 12.4 Å². The summed E-state index contributed by atoms with van der Waals surface area (Å²) >= 11 is 6.21. The third kappa shape index (κ3) is 5.25. The summed E-state index contributed by atoms with van der Waals surface area (Å²) < 4.78 is 5.56. The Morgan fingerprint density at radius 2 is 2.09 bits per heavy atom. The van der Waals surface area contributed by atoms with Crippen LogP contribution in [-0.4, -0.2) is 35.7 Å². The molecule has 6 nitrogen and oxygen atoms in total. The van der Waals surface area contributed by atoms with Gasteiger partial charge in [-0.1, -0.05) is 25.4 Å². The lowest BCUT2D eigenvalue weighted by atomic mass is 10.2. The summed E-state index contributed by atoms with van der Waals surface area (Å²) in [6.45, 7) is 5.28. The second-order valence-corrected chi connectivity index (χ2v) is 6.23. The molecule has 0 fully saturated rings. The highest BCUT2D eigenvalue weighted by Gasteiger charge is 2.07. The lowest BCUT2D eigenvalue weighted by Crippen LogP contribution is -2.12. The minimum Gasteiger partial charge on any atom is -0.476 e. The molecule has 0 radical (unpaired) electrons. The number of pyridine rings is 1. The molecule has 0 amide bonds. The molecule has 2 heterocycles. The Hall–Kier alpha value is -2.08. The highest BCUT2D eigenvalue weighted by Crippen LogP contribution is 2.23. The van der Waals surface area contributed by atoms with Crippen molar-refractivity contribution in [3.05, 3.63) is 35.1 Å². The van der Waals surface area contributed by atoms with Crippen molar-refractivity contribution in [2.24, 2.45) is 5.92 Å². The maximum absolute atomic E-state index is 6.21. The van der Waals surface area contributed by atoms with E-state index >= 15 is 0 Å². The Morgan fingerprint density at radius 1 is 1.30 bits per heavy atom. The molecule has 124 valence electrons. The van der Waals surface area contributed by atoms with Crippen LogP contribution in [0.25, 0.3) is 0 Å². The third-order valence-corrected chi connectivity index (χ3v) is 3.24. The zero-order valence-corrected chi connectivity index (χ0v) is 14.6. The molecular formula is C16H22ClN5O. The molecule has 2 rings (SSSR count). The third-order valence-electron chi connectivity index (χ3n) is 2.97. The summed E-state index contributed by atoms with van der Waals surface area (Å²) in [5.74, 6) is 2.30. The molecule has 0 atom stereocenters. The van der Waals surface area contributed by atoms with Crippen molar-refractivity contribution in [3.8, 4) is 5.88 Å². The van der Waals surface area contributed by atoms with Gasteiger partial charge in [-0.15, -0.1) is 0 Å². The van der Waals surface area contributed by atoms with Gasteiger partial charge in [0.2, 0.25) is 11.8 Å². The predicted octanol–water partition coefficient (Wildman–Crippen LogP) is 3.24. The maximum atomic E-state index is 6.21. The van der Waals surface area contributed by atoms with Crippen LogP contribution in [0.2, 0.25) is 5.02 Å². The van der Waals surface area contributed by atoms with Gasteiger partial charge in [0.05, 0.1) is 6.61 Å². The van der Waals surface area contributed by atoms with Crippen LogP contribution in [0.15, 0.2) is 24.5 Å². The fourth-order valence-electron chi connectivity index (χ4n) is 1.78. The van der Waals surface area contributed by atoms with E-state index in [0.29, 0.717) is 35.9 Å². The molecular weight excluding hydrogens is 314 g/mol. The molecule has 0 bridgehead atoms. The van der Waals surface area contributed by atoms with Crippen molar-refractivity contribution in [1.82, 2.24) is 15.0 Å². The van der Waals surface area contributed by atoms with Gasteiger partial charge >= 0.3 is 0 Å². The van der Waals surface area contributed by atoms with Crippen molar-refractivity contribution in [3.63, 3.8) is 0 Å². The van der Waals surface area contributed by atoms with E-state index in [1.807, 2.05) is 31.1 Å². The summed E-state index contributed by atoms with van der Waals surface area (Å²) in [6, 6.07) is 3.69. The Kier molecular flexibility index (Phi) is 5.98. The minimum absolute atomic E-state index is 0.426. The van der Waals surface area contributed by atoms with Gasteiger partial charge in [-0.3, -0.25) is 0 Å². The van der Waals surface area contributed by atoms with Gasteiger partial charge in [0.25, 0.3) is 0 Å². The number of ether oxygens (including phenoxy) is 1. The first kappa shape index (κ1) is 17.3. The van der Waals surface area contributed by atoms with Crippen molar-refractivity contribution in [2.45, 2.75) is 20.4 Å². The normalized spacial score (nSPS) is 10.7. The van der Waals surface area contributed by atoms with Crippen LogP contribution in [0.1, 0.15) is 19.4 Å². The Balaban J connectivity index is 1.98. The summed E-state index contributed by atoms with van der Waals surface area (Å²) in [4.78, 5) is 14.8. The summed E-state index contributed by atoms with van der Waals surface area (Å²) in [7, 11) is 3.87. The second kappa shape index (κ2) is 7.97. The number of nitrogens with one attached hydrogen (secondary N) is 1. The Labute approximate surface area is 141 Å². The highest BCUT2D eigenvalue weighted by molar-refractivity contribution is 6.31. The van der Waals surface area contributed by atoms with Gasteiger partial charge in [-0.05, 0) is 23.6 Å². The number of anilines is 2. The van der Waals surface area contributed by atoms with Gasteiger partial charge in [0.1, 0.15) is 10.8 Å². The van der Waals surface area contributed by atoms with E-state index in [0.717, 1.165) is 11.4 Å². The van der Waals surface area contributed by atoms with Crippen LogP contribution >= 0.6 is 11.6 Å². The molecule has 0 aliphatic rings. The highest BCUT2D eigenvalue weighted by atomic mass is 35.5. The van der Waals surface area contributed by atoms with Crippen LogP contribution in [0.4, 0.5) is 11.8 Å². The molecule has 0 unspecified atom stereocenters. The monoisotopic (exact) mass is 335 g/mol. The lowest BCUT2D eigenvalue weighted by molar-refractivity contribution is 0.261. The minimum atomic E-state index is 0.426. The number of halogens is 1. The zero-order valence-electron chi connectivity index (χ0n) is 13.9. The second-order valence-electron chi connectivity index (χ2n) is 5.82. The first-order chi connectivity index (χ1) is 11.0. The molecule has 2 aromatic rings. The summed E-state index contributed by atoms with van der Waals surface area (Å²) in [6.07, 6.45) is 3.46. The van der Waals surface area contributed by atoms with Gasteiger partial charge in [-0.2, -0.15) is 4.98 Å². The van der Waals surface area contributed by atoms with E-state index in [4.69, 9.17) is 16.3 Å². The van der Waals surface area contributed by atoms with E-state index in [9.17, 15) is 0 Å². The average Bonchev–Trinajstić information content (AvgIpc) is 2.52. The molecule has 0 aliphatic heterocycles. The van der Waals surface area contributed by atoms with Crippen molar-refractivity contribution in [1.29, 1.82) is 0 Å². The van der Waals surface area contributed by atoms with Gasteiger partial charge in [-0.25, -0.2) is 9.97 Å². The van der Waals surface area contributed by atoms with Crippen LogP contribution in [0, 0.1) is 5.92 Å². The van der Waals surface area contributed by atoms with Crippen molar-refractivity contribution in [2.75, 3.05) is 30.9 Å². The quantitative estimate of drug-likeness (QED) is 0.838. The van der Waals surface area contributed by atoms with Gasteiger partial charge in [0, 0.05) is 33.0 Å². The topological polar surface area (TPSA) is 63.2 Å². The molecule has 1 N–H and O–H groups in total. The molecule has 23 heavy (non-hydrogen) atoms. The molecule has 0 aliphatic carbocycles. The Bertz CT molecular complexity index is 648. The first-order valence-corrected chi connectivity index (χ1v) is 7.85. The van der Waals surface area contributed by atoms with Crippen LogP contribution in [-0.2, 0) is 6.54 Å². The van der Waals surface area contributed by atoms with E-state index in [-0.39, 0.29) is 0 Å². The number of aromatic nitrogens is 3. The van der Waals surface area contributed by atoms with E-state index in [1.165, 1.54) is 0 Å². The largest absolute Gasteiger partial charge is 0.476 e. The smallest absolute Gasteiger partial charge is 0.232 e. The number of nitrogens with zero attached hydrogens (tertiary/aromatic N) is 4. The molecule has 0 saturated heterocycles. The molecule has 7 heteroatoms. The maximum Gasteiger partial charge on any atom is 0.232 e. The van der Waals surface area contributed by atoms with E-state index in [2.05, 4.69) is 34.1 Å². The number of rotatable bonds is 7. The van der Waals surface area contributed by atoms with Gasteiger partial charge in [0.15, 0.2) is 0 Å². The lowest BCUT2D eigenvalue weighted by Gasteiger charge is -2.13. The van der Waals surface area contributed by atoms with Crippen molar-refractivity contribution < 1.29 is 4.74 Å². The first-order valence-electron chi connectivity index (χ1n) is 7.47. The van der Waals surface area contributed by atoms with Crippen LogP contribution in [0.5, 0.6) is 5.88 Å². The average molecular weight is 336 g/mol. The van der Waals surface area contributed by atoms with Crippen molar-refractivity contribution >= 4 is 23.4 Å². The standard InChI is InChI=1S/C16H22ClN5O/c1-11(2)10-23-15-13(17)7-12(8-19-15)9-20-16-18-6-5-14(21-16)22(3)4/h5-8,11H,9-10H2,1-4H3,(H,18,20,21). The fourth-order valence-corrected chi connectivity index (χ4v) is 2.02. The Morgan fingerprint density at radius 3 is 2.74 bits per heavy atom. The SMILES string of the molecule is CC(C)COc1ncc(CNc2nccc(N(C)C)n2)cc1Cl. The number of hydrogen-bond donors (Lipinski definition) is 1. The molecule has 0 spiro atoms. The van der Waals surface area contributed by atoms with Crippen LogP contribution < -0.4 is 15.0 Å².